The molecule has 10 heavy (non-hydrogen) atoms. The van der Waals surface area contributed by atoms with Crippen LogP contribution in [0.15, 0.2) is 11.3 Å². The molecule has 0 bridgehead atoms. The summed E-state index contributed by atoms with van der Waals surface area (Å²) in [5.41, 5.74) is 0.0431. The monoisotopic (exact) mass is 141 g/mol. The third kappa shape index (κ3) is 2.18. The van der Waals surface area contributed by atoms with E-state index < -0.39 is 5.97 Å². The Labute approximate surface area is 58.3 Å². The highest BCUT2D eigenvalue weighted by molar-refractivity contribution is 5.86. The van der Waals surface area contributed by atoms with E-state index in [1.165, 1.54) is 20.1 Å². The number of carbonyl (C=O) groups is 1. The van der Waals surface area contributed by atoms with Crippen LogP contribution in [0.1, 0.15) is 13.8 Å². The summed E-state index contributed by atoms with van der Waals surface area (Å²) in [7, 11) is 0. The Morgan fingerprint density at radius 1 is 1.60 bits per heavy atom. The molecular weight excluding hydrogens is 134 g/mol. The van der Waals surface area contributed by atoms with E-state index in [1.54, 1.807) is 0 Å². The lowest BCUT2D eigenvalue weighted by atomic mass is 10.3. The van der Waals surface area contributed by atoms with E-state index in [2.05, 4.69) is 4.74 Å². The van der Waals surface area contributed by atoms with E-state index in [0.29, 0.717) is 0 Å². The molecule has 0 aliphatic rings. The molecule has 4 heteroatoms. The number of carboxylic acids is 1. The third-order valence-corrected chi connectivity index (χ3v) is 1.05. The van der Waals surface area contributed by atoms with Gasteiger partial charge in [0.15, 0.2) is 0 Å². The van der Waals surface area contributed by atoms with Crippen LogP contribution in [-0.2, 0) is 9.53 Å². The lowest BCUT2D eigenvalue weighted by Gasteiger charge is -1.96. The molecular formula is C6H7NO3. The second-order valence-corrected chi connectivity index (χ2v) is 1.68. The van der Waals surface area contributed by atoms with Crippen LogP contribution in [0.2, 0.25) is 0 Å². The molecule has 0 heterocycles. The number of rotatable bonds is 2. The van der Waals surface area contributed by atoms with E-state index in [4.69, 9.17) is 10.4 Å². The van der Waals surface area contributed by atoms with Crippen LogP contribution in [-0.4, -0.2) is 11.1 Å². The zero-order chi connectivity index (χ0) is 8.15. The second-order valence-electron chi connectivity index (χ2n) is 1.68. The van der Waals surface area contributed by atoms with Crippen LogP contribution in [0.25, 0.3) is 0 Å². The topological polar surface area (TPSA) is 70.3 Å². The first-order valence-electron chi connectivity index (χ1n) is 2.56. The molecule has 0 atom stereocenters. The SMILES string of the molecule is C/C(OC#N)=C(/C)C(=O)O. The minimum absolute atomic E-state index is 0.0431. The number of carboxylic acid groups (broad SMARTS) is 1. The summed E-state index contributed by atoms with van der Waals surface area (Å²) in [6.45, 7) is 2.79. The summed E-state index contributed by atoms with van der Waals surface area (Å²) < 4.78 is 4.27. The first-order valence-corrected chi connectivity index (χ1v) is 2.56. The molecule has 0 spiro atoms. The standard InChI is InChI=1S/C6H7NO3/c1-4(6(8)9)5(2)10-3-7/h1-2H3,(H,8,9)/b5-4+. The van der Waals surface area contributed by atoms with Gasteiger partial charge in [-0.1, -0.05) is 0 Å². The summed E-state index contributed by atoms with van der Waals surface area (Å²) in [6, 6.07) is 0. The fourth-order valence-electron chi connectivity index (χ4n) is 0.296. The summed E-state index contributed by atoms with van der Waals surface area (Å²) in [5.74, 6) is -0.956. The Morgan fingerprint density at radius 3 is 2.40 bits per heavy atom. The van der Waals surface area contributed by atoms with Crippen molar-refractivity contribution in [3.63, 3.8) is 0 Å². The minimum atomic E-state index is -1.08. The molecule has 0 aromatic heterocycles. The molecule has 0 amide bonds. The van der Waals surface area contributed by atoms with Gasteiger partial charge in [-0.15, -0.1) is 5.26 Å². The lowest BCUT2D eigenvalue weighted by molar-refractivity contribution is -0.132. The van der Waals surface area contributed by atoms with Gasteiger partial charge in [0.2, 0.25) is 0 Å². The first kappa shape index (κ1) is 8.50. The molecule has 0 aromatic carbocycles. The van der Waals surface area contributed by atoms with E-state index in [1.807, 2.05) is 0 Å². The van der Waals surface area contributed by atoms with Crippen molar-refractivity contribution in [2.24, 2.45) is 0 Å². The maximum atomic E-state index is 10.2. The van der Waals surface area contributed by atoms with Crippen molar-refractivity contribution in [2.45, 2.75) is 13.8 Å². The molecule has 0 aromatic rings. The zero-order valence-electron chi connectivity index (χ0n) is 5.71. The molecule has 0 rings (SSSR count). The van der Waals surface area contributed by atoms with Crippen molar-refractivity contribution >= 4 is 5.97 Å². The lowest BCUT2D eigenvalue weighted by Crippen LogP contribution is -1.99. The summed E-state index contributed by atoms with van der Waals surface area (Å²) >= 11 is 0. The Bertz CT molecular complexity index is 212. The van der Waals surface area contributed by atoms with Crippen molar-refractivity contribution in [1.82, 2.24) is 0 Å². The van der Waals surface area contributed by atoms with Gasteiger partial charge in [-0.25, -0.2) is 4.79 Å². The Kier molecular flexibility index (Phi) is 2.98. The van der Waals surface area contributed by atoms with Gasteiger partial charge in [0.1, 0.15) is 5.76 Å². The maximum absolute atomic E-state index is 10.2. The van der Waals surface area contributed by atoms with Gasteiger partial charge < -0.3 is 9.84 Å². The number of aliphatic carboxylic acids is 1. The second kappa shape index (κ2) is 3.51. The predicted molar refractivity (Wildman–Crippen MR) is 32.7 cm³/mol. The number of nitrogens with zero attached hydrogens (tertiary/aromatic N) is 1. The zero-order valence-corrected chi connectivity index (χ0v) is 5.71. The van der Waals surface area contributed by atoms with Crippen molar-refractivity contribution < 1.29 is 14.6 Å². The van der Waals surface area contributed by atoms with Crippen LogP contribution >= 0.6 is 0 Å². The molecule has 0 unspecified atom stereocenters. The Balaban J connectivity index is 4.38. The quantitative estimate of drug-likeness (QED) is 0.351. The van der Waals surface area contributed by atoms with Crippen LogP contribution in [0.4, 0.5) is 0 Å². The molecule has 0 saturated carbocycles. The first-order chi connectivity index (χ1) is 4.59. The van der Waals surface area contributed by atoms with Crippen LogP contribution in [0.5, 0.6) is 0 Å². The Morgan fingerprint density at radius 2 is 2.10 bits per heavy atom. The average Bonchev–Trinajstić information content (AvgIpc) is 1.87. The number of hydrogen-bond acceptors (Lipinski definition) is 3. The van der Waals surface area contributed by atoms with Gasteiger partial charge in [-0.3, -0.25) is 0 Å². The fraction of sp³-hybridized carbons (Fsp3) is 0.333. The van der Waals surface area contributed by atoms with Gasteiger partial charge >= 0.3 is 5.97 Å². The average molecular weight is 141 g/mol. The van der Waals surface area contributed by atoms with Crippen molar-refractivity contribution in [3.05, 3.63) is 11.3 Å². The molecule has 4 nitrogen and oxygen atoms in total. The number of ether oxygens (including phenoxy) is 1. The Hall–Kier alpha value is -1.50. The molecule has 0 aliphatic heterocycles. The predicted octanol–water partition coefficient (Wildman–Crippen LogP) is 0.863. The number of nitriles is 1. The van der Waals surface area contributed by atoms with E-state index >= 15 is 0 Å². The summed E-state index contributed by atoms with van der Waals surface area (Å²) in [4.78, 5) is 10.2. The molecule has 54 valence electrons. The van der Waals surface area contributed by atoms with Gasteiger partial charge in [0.25, 0.3) is 6.26 Å². The highest BCUT2D eigenvalue weighted by Gasteiger charge is 2.05. The van der Waals surface area contributed by atoms with E-state index in [9.17, 15) is 4.79 Å². The molecule has 1 N–H and O–H groups in total. The summed E-state index contributed by atoms with van der Waals surface area (Å²) in [6.07, 6.45) is 1.38. The van der Waals surface area contributed by atoms with Gasteiger partial charge in [-0.05, 0) is 13.8 Å². The van der Waals surface area contributed by atoms with Crippen molar-refractivity contribution in [1.29, 1.82) is 5.26 Å². The smallest absolute Gasteiger partial charge is 0.334 e. The molecule has 0 saturated heterocycles. The van der Waals surface area contributed by atoms with Crippen molar-refractivity contribution in [2.75, 3.05) is 0 Å². The van der Waals surface area contributed by atoms with E-state index in [0.717, 1.165) is 0 Å². The molecule has 0 fully saturated rings. The van der Waals surface area contributed by atoms with Crippen LogP contribution in [0.3, 0.4) is 0 Å². The van der Waals surface area contributed by atoms with Crippen LogP contribution < -0.4 is 0 Å². The van der Waals surface area contributed by atoms with Gasteiger partial charge in [0.05, 0.1) is 5.57 Å². The third-order valence-electron chi connectivity index (χ3n) is 1.05. The minimum Gasteiger partial charge on any atom is -0.478 e. The number of hydrogen-bond donors (Lipinski definition) is 1. The van der Waals surface area contributed by atoms with Crippen LogP contribution in [0, 0.1) is 11.5 Å². The maximum Gasteiger partial charge on any atom is 0.334 e. The summed E-state index contributed by atoms with van der Waals surface area (Å²) in [5, 5.41) is 16.3. The van der Waals surface area contributed by atoms with E-state index in [-0.39, 0.29) is 11.3 Å². The van der Waals surface area contributed by atoms with Crippen molar-refractivity contribution in [3.8, 4) is 6.26 Å². The largest absolute Gasteiger partial charge is 0.478 e. The van der Waals surface area contributed by atoms with Gasteiger partial charge in [-0.2, -0.15) is 0 Å². The van der Waals surface area contributed by atoms with Gasteiger partial charge in [0, 0.05) is 0 Å². The highest BCUT2D eigenvalue weighted by Crippen LogP contribution is 2.03. The molecule has 0 aliphatic carbocycles. The number of allylic oxidation sites excluding steroid dienone is 1. The fourth-order valence-corrected chi connectivity index (χ4v) is 0.296. The molecule has 0 radical (unpaired) electrons. The highest BCUT2D eigenvalue weighted by atomic mass is 16.5. The normalized spacial score (nSPS) is 11.3.